The van der Waals surface area contributed by atoms with E-state index in [1.54, 1.807) is 12.2 Å². The molecule has 0 radical (unpaired) electrons. The van der Waals surface area contributed by atoms with E-state index in [0.717, 1.165) is 11.3 Å². The molecule has 0 aliphatic rings. The molecule has 1 aromatic carbocycles. The molecule has 0 aromatic heterocycles. The molecule has 0 unspecified atom stereocenters. The Morgan fingerprint density at radius 1 is 1.28 bits per heavy atom. The number of allylic oxidation sites excluding steroid dienone is 1. The molecular formula is C16H20O2. The van der Waals surface area contributed by atoms with E-state index in [1.807, 2.05) is 51.1 Å². The second-order valence-corrected chi connectivity index (χ2v) is 5.12. The zero-order valence-electron chi connectivity index (χ0n) is 11.3. The molecule has 96 valence electrons. The summed E-state index contributed by atoms with van der Waals surface area (Å²) in [6, 6.07) is 7.60. The Bertz CT molecular complexity index is 433. The summed E-state index contributed by atoms with van der Waals surface area (Å²) >= 11 is 0. The summed E-state index contributed by atoms with van der Waals surface area (Å²) in [4.78, 5) is 11.7. The lowest BCUT2D eigenvalue weighted by atomic mass is 9.90. The van der Waals surface area contributed by atoms with E-state index in [0.29, 0.717) is 6.61 Å². The molecular weight excluding hydrogens is 224 g/mol. The Hall–Kier alpha value is -1.83. The predicted octanol–water partition coefficient (Wildman–Crippen LogP) is 3.88. The topological polar surface area (TPSA) is 26.3 Å². The fourth-order valence-electron chi connectivity index (χ4n) is 1.25. The van der Waals surface area contributed by atoms with Gasteiger partial charge in [0.2, 0.25) is 0 Å². The van der Waals surface area contributed by atoms with Crippen molar-refractivity contribution in [1.29, 1.82) is 0 Å². The quantitative estimate of drug-likeness (QED) is 0.580. The van der Waals surface area contributed by atoms with Crippen molar-refractivity contribution in [3.63, 3.8) is 0 Å². The van der Waals surface area contributed by atoms with E-state index in [4.69, 9.17) is 4.74 Å². The fraction of sp³-hybridized carbons (Fsp3) is 0.312. The van der Waals surface area contributed by atoms with Crippen LogP contribution in [-0.4, -0.2) is 12.4 Å². The van der Waals surface area contributed by atoms with E-state index in [9.17, 15) is 4.79 Å². The molecule has 0 N–H and O–H groups in total. The Balaban J connectivity index is 2.66. The van der Waals surface area contributed by atoms with Crippen LogP contribution in [0.4, 0.5) is 0 Å². The maximum Gasteiger partial charge on any atom is 0.161 e. The molecule has 0 aliphatic carbocycles. The number of ether oxygens (including phenoxy) is 1. The van der Waals surface area contributed by atoms with Crippen LogP contribution in [0.3, 0.4) is 0 Å². The highest BCUT2D eigenvalue weighted by atomic mass is 16.5. The number of rotatable bonds is 5. The molecule has 0 amide bonds. The van der Waals surface area contributed by atoms with Crippen molar-refractivity contribution >= 4 is 11.9 Å². The predicted molar refractivity (Wildman–Crippen MR) is 75.6 cm³/mol. The van der Waals surface area contributed by atoms with Crippen LogP contribution in [0.15, 0.2) is 43.0 Å². The van der Waals surface area contributed by atoms with Crippen LogP contribution in [0.1, 0.15) is 26.3 Å². The van der Waals surface area contributed by atoms with Gasteiger partial charge in [0.05, 0.1) is 0 Å². The highest BCUT2D eigenvalue weighted by molar-refractivity contribution is 5.97. The van der Waals surface area contributed by atoms with Crippen LogP contribution >= 0.6 is 0 Å². The van der Waals surface area contributed by atoms with Crippen LogP contribution in [-0.2, 0) is 4.79 Å². The van der Waals surface area contributed by atoms with Gasteiger partial charge in [0.25, 0.3) is 0 Å². The van der Waals surface area contributed by atoms with Gasteiger partial charge in [0.1, 0.15) is 12.4 Å². The molecule has 0 bridgehead atoms. The van der Waals surface area contributed by atoms with Gasteiger partial charge >= 0.3 is 0 Å². The molecule has 1 aromatic rings. The molecule has 0 saturated carbocycles. The zero-order chi connectivity index (χ0) is 13.6. The number of carbonyl (C=O) groups excluding carboxylic acids is 1. The number of ketones is 1. The first-order valence-electron chi connectivity index (χ1n) is 6.00. The van der Waals surface area contributed by atoms with Gasteiger partial charge in [-0.3, -0.25) is 4.79 Å². The molecule has 0 saturated heterocycles. The minimum atomic E-state index is -0.330. The zero-order valence-corrected chi connectivity index (χ0v) is 11.3. The average Bonchev–Trinajstić information content (AvgIpc) is 2.33. The van der Waals surface area contributed by atoms with E-state index < -0.39 is 0 Å². The molecule has 0 heterocycles. The standard InChI is InChI=1S/C16H20O2/c1-5-12-18-14-9-6-13(7-10-14)8-11-15(17)16(2,3)4/h5-11H,1,12H2,2-4H3/b11-8+. The number of carbonyl (C=O) groups is 1. The van der Waals surface area contributed by atoms with Gasteiger partial charge in [-0.15, -0.1) is 0 Å². The monoisotopic (exact) mass is 244 g/mol. The molecule has 1 rings (SSSR count). The van der Waals surface area contributed by atoms with Crippen molar-refractivity contribution < 1.29 is 9.53 Å². The van der Waals surface area contributed by atoms with Crippen molar-refractivity contribution in [3.8, 4) is 5.75 Å². The maximum absolute atomic E-state index is 11.7. The number of hydrogen-bond acceptors (Lipinski definition) is 2. The van der Waals surface area contributed by atoms with Gasteiger partial charge in [0, 0.05) is 5.41 Å². The molecule has 0 spiro atoms. The maximum atomic E-state index is 11.7. The van der Waals surface area contributed by atoms with Gasteiger partial charge < -0.3 is 4.74 Å². The third-order valence-electron chi connectivity index (χ3n) is 2.41. The Morgan fingerprint density at radius 2 is 1.89 bits per heavy atom. The van der Waals surface area contributed by atoms with E-state index in [2.05, 4.69) is 6.58 Å². The number of hydrogen-bond donors (Lipinski definition) is 0. The average molecular weight is 244 g/mol. The summed E-state index contributed by atoms with van der Waals surface area (Å²) in [5.41, 5.74) is 0.655. The fourth-order valence-corrected chi connectivity index (χ4v) is 1.25. The van der Waals surface area contributed by atoms with Crippen molar-refractivity contribution in [2.45, 2.75) is 20.8 Å². The second kappa shape index (κ2) is 6.20. The minimum Gasteiger partial charge on any atom is -0.490 e. The third kappa shape index (κ3) is 4.58. The van der Waals surface area contributed by atoms with Crippen LogP contribution in [0.5, 0.6) is 5.75 Å². The second-order valence-electron chi connectivity index (χ2n) is 5.12. The third-order valence-corrected chi connectivity index (χ3v) is 2.41. The smallest absolute Gasteiger partial charge is 0.161 e. The SMILES string of the molecule is C=CCOc1ccc(/C=C/C(=O)C(C)(C)C)cc1. The normalized spacial score (nSPS) is 11.5. The molecule has 0 atom stereocenters. The molecule has 0 fully saturated rings. The molecule has 2 heteroatoms. The summed E-state index contributed by atoms with van der Waals surface area (Å²) in [7, 11) is 0. The van der Waals surface area contributed by atoms with E-state index >= 15 is 0 Å². The first kappa shape index (κ1) is 14.2. The summed E-state index contributed by atoms with van der Waals surface area (Å²) < 4.78 is 5.38. The highest BCUT2D eigenvalue weighted by Gasteiger charge is 2.17. The molecule has 18 heavy (non-hydrogen) atoms. The lowest BCUT2D eigenvalue weighted by molar-refractivity contribution is -0.121. The Kier molecular flexibility index (Phi) is 4.90. The summed E-state index contributed by atoms with van der Waals surface area (Å²) in [5, 5.41) is 0. The van der Waals surface area contributed by atoms with Crippen LogP contribution in [0.2, 0.25) is 0 Å². The van der Waals surface area contributed by atoms with Crippen LogP contribution in [0, 0.1) is 5.41 Å². The van der Waals surface area contributed by atoms with Crippen molar-refractivity contribution in [2.75, 3.05) is 6.61 Å². The van der Waals surface area contributed by atoms with Gasteiger partial charge in [-0.1, -0.05) is 51.6 Å². The van der Waals surface area contributed by atoms with Crippen LogP contribution in [0.25, 0.3) is 6.08 Å². The Morgan fingerprint density at radius 3 is 2.39 bits per heavy atom. The number of benzene rings is 1. The van der Waals surface area contributed by atoms with E-state index in [1.165, 1.54) is 0 Å². The van der Waals surface area contributed by atoms with Crippen molar-refractivity contribution in [1.82, 2.24) is 0 Å². The van der Waals surface area contributed by atoms with Crippen molar-refractivity contribution in [2.24, 2.45) is 5.41 Å². The molecule has 0 aliphatic heterocycles. The van der Waals surface area contributed by atoms with Gasteiger partial charge in [-0.2, -0.15) is 0 Å². The van der Waals surface area contributed by atoms with Crippen molar-refractivity contribution in [3.05, 3.63) is 48.6 Å². The first-order chi connectivity index (χ1) is 8.43. The Labute approximate surface area is 109 Å². The van der Waals surface area contributed by atoms with Crippen LogP contribution < -0.4 is 4.74 Å². The summed E-state index contributed by atoms with van der Waals surface area (Å²) in [6.45, 7) is 9.82. The van der Waals surface area contributed by atoms with E-state index in [-0.39, 0.29) is 11.2 Å². The lowest BCUT2D eigenvalue weighted by Gasteiger charge is -2.12. The van der Waals surface area contributed by atoms with Gasteiger partial charge in [0.15, 0.2) is 5.78 Å². The molecule has 2 nitrogen and oxygen atoms in total. The first-order valence-corrected chi connectivity index (χ1v) is 6.00. The largest absolute Gasteiger partial charge is 0.490 e. The minimum absolute atomic E-state index is 0.120. The van der Waals surface area contributed by atoms with Gasteiger partial charge in [-0.25, -0.2) is 0 Å². The lowest BCUT2D eigenvalue weighted by Crippen LogP contribution is -2.17. The van der Waals surface area contributed by atoms with Gasteiger partial charge in [-0.05, 0) is 23.8 Å². The summed E-state index contributed by atoms with van der Waals surface area (Å²) in [6.07, 6.45) is 5.15. The summed E-state index contributed by atoms with van der Waals surface area (Å²) in [5.74, 6) is 0.920. The highest BCUT2D eigenvalue weighted by Crippen LogP contribution is 2.17.